The predicted molar refractivity (Wildman–Crippen MR) is 177 cm³/mol. The molecule has 2 rings (SSSR count). The molecule has 43 heavy (non-hydrogen) atoms. The molecule has 0 bridgehead atoms. The lowest BCUT2D eigenvalue weighted by atomic mass is 9.71. The second-order valence-corrected chi connectivity index (χ2v) is 12.7. The van der Waals surface area contributed by atoms with E-state index in [9.17, 15) is 14.4 Å². The third kappa shape index (κ3) is 18.8. The minimum atomic E-state index is 0.124. The van der Waals surface area contributed by atoms with Crippen molar-refractivity contribution in [2.24, 2.45) is 5.41 Å². The van der Waals surface area contributed by atoms with Gasteiger partial charge in [0, 0.05) is 39.0 Å². The zero-order valence-corrected chi connectivity index (χ0v) is 28.7. The van der Waals surface area contributed by atoms with E-state index in [4.69, 9.17) is 9.47 Å². The number of piperidine rings is 2. The maximum atomic E-state index is 12.8. The molecule has 2 aliphatic rings. The van der Waals surface area contributed by atoms with Gasteiger partial charge < -0.3 is 19.3 Å². The first-order chi connectivity index (χ1) is 21.0. The van der Waals surface area contributed by atoms with Crippen molar-refractivity contribution in [3.05, 3.63) is 0 Å². The lowest BCUT2D eigenvalue weighted by Gasteiger charge is -2.47. The summed E-state index contributed by atoms with van der Waals surface area (Å²) in [5.74, 6) is 0.640. The van der Waals surface area contributed by atoms with Gasteiger partial charge in [-0.1, -0.05) is 97.8 Å². The maximum absolute atomic E-state index is 12.8. The summed E-state index contributed by atoms with van der Waals surface area (Å²) < 4.78 is 10.9. The lowest BCUT2D eigenvalue weighted by Crippen LogP contribution is -2.49. The summed E-state index contributed by atoms with van der Waals surface area (Å²) in [6, 6.07) is 0. The number of ether oxygens (including phenoxy) is 2. The van der Waals surface area contributed by atoms with Crippen molar-refractivity contribution in [1.29, 1.82) is 0 Å². The SMILES string of the molecule is CC.CCCCCCCCCCCCCCCC(=O)N1CCC2(CC1)CCN(C(=O)CCOCCOCCC(C)=O)CC2. The minimum absolute atomic E-state index is 0.124. The summed E-state index contributed by atoms with van der Waals surface area (Å²) in [6.45, 7) is 13.0. The van der Waals surface area contributed by atoms with Crippen molar-refractivity contribution >= 4 is 17.6 Å². The van der Waals surface area contributed by atoms with Crippen molar-refractivity contribution < 1.29 is 23.9 Å². The Morgan fingerprint density at radius 3 is 1.33 bits per heavy atom. The highest BCUT2D eigenvalue weighted by Crippen LogP contribution is 2.41. The molecule has 2 amide bonds. The molecule has 0 N–H and O–H groups in total. The number of amides is 2. The highest BCUT2D eigenvalue weighted by molar-refractivity contribution is 5.77. The summed E-state index contributed by atoms with van der Waals surface area (Å²) in [4.78, 5) is 40.4. The molecule has 0 aromatic carbocycles. The second kappa shape index (κ2) is 25.8. The third-order valence-corrected chi connectivity index (χ3v) is 9.28. The van der Waals surface area contributed by atoms with Crippen LogP contribution in [0.15, 0.2) is 0 Å². The number of carbonyl (C=O) groups excluding carboxylic acids is 3. The molecule has 0 unspecified atom stereocenters. The molecule has 2 saturated heterocycles. The molecule has 0 aliphatic carbocycles. The molecule has 2 fully saturated rings. The summed E-state index contributed by atoms with van der Waals surface area (Å²) >= 11 is 0. The van der Waals surface area contributed by atoms with Gasteiger partial charge in [-0.3, -0.25) is 14.4 Å². The van der Waals surface area contributed by atoms with E-state index in [1.165, 1.54) is 77.0 Å². The van der Waals surface area contributed by atoms with Crippen molar-refractivity contribution in [2.75, 3.05) is 52.6 Å². The van der Waals surface area contributed by atoms with Crippen molar-refractivity contribution in [3.8, 4) is 0 Å². The summed E-state index contributed by atoms with van der Waals surface area (Å²) in [6.07, 6.45) is 23.1. The van der Waals surface area contributed by atoms with Crippen LogP contribution in [0.4, 0.5) is 0 Å². The smallest absolute Gasteiger partial charge is 0.224 e. The van der Waals surface area contributed by atoms with Crippen LogP contribution in [0.25, 0.3) is 0 Å². The normalized spacial score (nSPS) is 16.2. The Kier molecular flexibility index (Phi) is 23.7. The zero-order chi connectivity index (χ0) is 31.6. The Labute approximate surface area is 265 Å². The number of Topliss-reactive ketones (excluding diaryl/α,β-unsaturated/α-hetero) is 1. The third-order valence-electron chi connectivity index (χ3n) is 9.28. The van der Waals surface area contributed by atoms with Gasteiger partial charge in [0.2, 0.25) is 11.8 Å². The Bertz CT molecular complexity index is 710. The van der Waals surface area contributed by atoms with E-state index < -0.39 is 0 Å². The molecule has 7 heteroatoms. The summed E-state index contributed by atoms with van der Waals surface area (Å²) in [5, 5.41) is 0. The molecule has 0 aromatic heterocycles. The van der Waals surface area contributed by atoms with E-state index in [0.717, 1.165) is 58.3 Å². The van der Waals surface area contributed by atoms with Crippen LogP contribution in [0.2, 0.25) is 0 Å². The monoisotopic (exact) mass is 609 g/mol. The quantitative estimate of drug-likeness (QED) is 0.110. The van der Waals surface area contributed by atoms with E-state index >= 15 is 0 Å². The number of likely N-dealkylation sites (tertiary alicyclic amines) is 2. The highest BCUT2D eigenvalue weighted by Gasteiger charge is 2.39. The van der Waals surface area contributed by atoms with Crippen molar-refractivity contribution in [3.63, 3.8) is 0 Å². The number of hydrogen-bond acceptors (Lipinski definition) is 5. The molecular formula is C36H68N2O5. The van der Waals surface area contributed by atoms with Gasteiger partial charge in [0.25, 0.3) is 0 Å². The van der Waals surface area contributed by atoms with Crippen LogP contribution < -0.4 is 0 Å². The average Bonchev–Trinajstić information content (AvgIpc) is 3.02. The van der Waals surface area contributed by atoms with Crippen LogP contribution in [0, 0.1) is 5.41 Å². The lowest BCUT2D eigenvalue weighted by molar-refractivity contribution is -0.137. The average molecular weight is 609 g/mol. The van der Waals surface area contributed by atoms with Gasteiger partial charge in [-0.15, -0.1) is 0 Å². The van der Waals surface area contributed by atoms with E-state index in [1.54, 1.807) is 6.92 Å². The molecule has 0 atom stereocenters. The second-order valence-electron chi connectivity index (χ2n) is 12.7. The van der Waals surface area contributed by atoms with Crippen molar-refractivity contribution in [2.45, 2.75) is 156 Å². The summed E-state index contributed by atoms with van der Waals surface area (Å²) in [5.41, 5.74) is 0.302. The van der Waals surface area contributed by atoms with Crippen LogP contribution in [-0.4, -0.2) is 80.0 Å². The van der Waals surface area contributed by atoms with Gasteiger partial charge in [-0.25, -0.2) is 0 Å². The number of hydrogen-bond donors (Lipinski definition) is 0. The Hall–Kier alpha value is -1.47. The maximum Gasteiger partial charge on any atom is 0.224 e. The van der Waals surface area contributed by atoms with Gasteiger partial charge in [0.15, 0.2) is 0 Å². The van der Waals surface area contributed by atoms with E-state index in [0.29, 0.717) is 57.0 Å². The largest absolute Gasteiger partial charge is 0.379 e. The summed E-state index contributed by atoms with van der Waals surface area (Å²) in [7, 11) is 0. The first-order valence-corrected chi connectivity index (χ1v) is 18.2. The topological polar surface area (TPSA) is 76.2 Å². The van der Waals surface area contributed by atoms with Gasteiger partial charge >= 0.3 is 0 Å². The van der Waals surface area contributed by atoms with Crippen LogP contribution in [0.1, 0.15) is 156 Å². The predicted octanol–water partition coefficient (Wildman–Crippen LogP) is 8.13. The van der Waals surface area contributed by atoms with Gasteiger partial charge in [0.05, 0.1) is 32.8 Å². The Morgan fingerprint density at radius 1 is 0.535 bits per heavy atom. The fourth-order valence-electron chi connectivity index (χ4n) is 6.27. The molecule has 0 radical (unpaired) electrons. The van der Waals surface area contributed by atoms with Crippen LogP contribution in [0.5, 0.6) is 0 Å². The molecule has 2 aliphatic heterocycles. The number of rotatable bonds is 23. The molecule has 252 valence electrons. The van der Waals surface area contributed by atoms with E-state index in [1.807, 2.05) is 18.7 Å². The first kappa shape index (κ1) is 39.6. The fraction of sp³-hybridized carbons (Fsp3) is 0.917. The minimum Gasteiger partial charge on any atom is -0.379 e. The molecule has 0 saturated carbocycles. The fourth-order valence-corrected chi connectivity index (χ4v) is 6.27. The van der Waals surface area contributed by atoms with Gasteiger partial charge in [-0.2, -0.15) is 0 Å². The van der Waals surface area contributed by atoms with Gasteiger partial charge in [0.1, 0.15) is 5.78 Å². The van der Waals surface area contributed by atoms with Crippen LogP contribution >= 0.6 is 0 Å². The van der Waals surface area contributed by atoms with Crippen LogP contribution in [-0.2, 0) is 23.9 Å². The number of carbonyl (C=O) groups is 3. The Morgan fingerprint density at radius 2 is 0.907 bits per heavy atom. The van der Waals surface area contributed by atoms with Gasteiger partial charge in [-0.05, 0) is 44.4 Å². The van der Waals surface area contributed by atoms with E-state index in [-0.39, 0.29) is 11.7 Å². The van der Waals surface area contributed by atoms with Crippen molar-refractivity contribution in [1.82, 2.24) is 9.80 Å². The van der Waals surface area contributed by atoms with Crippen LogP contribution in [0.3, 0.4) is 0 Å². The standard InChI is InChI=1S/C34H62N2O5.C2H6/c1-3-4-5-6-7-8-9-10-11-12-13-14-15-16-32(38)35-23-19-34(20-24-35)21-25-36(26-22-34)33(39)18-28-41-30-29-40-27-17-31(2)37;1-2/h3-30H2,1-2H3;1-2H3. The molecule has 7 nitrogen and oxygen atoms in total. The molecular weight excluding hydrogens is 540 g/mol. The first-order valence-electron chi connectivity index (χ1n) is 18.2. The highest BCUT2D eigenvalue weighted by atomic mass is 16.5. The van der Waals surface area contributed by atoms with E-state index in [2.05, 4.69) is 11.8 Å². The Balaban J connectivity index is 0.00000452. The zero-order valence-electron chi connectivity index (χ0n) is 28.7. The number of ketones is 1. The molecule has 1 spiro atoms. The number of nitrogens with zero attached hydrogens (tertiary/aromatic N) is 2. The molecule has 0 aromatic rings. The molecule has 2 heterocycles. The number of unbranched alkanes of at least 4 members (excludes halogenated alkanes) is 12.